The summed E-state index contributed by atoms with van der Waals surface area (Å²) in [5.41, 5.74) is 4.43. The van der Waals surface area contributed by atoms with Crippen LogP contribution in [-0.4, -0.2) is 18.9 Å². The first-order chi connectivity index (χ1) is 14.5. The lowest BCUT2D eigenvalue weighted by atomic mass is 10.0. The van der Waals surface area contributed by atoms with Crippen molar-refractivity contribution < 1.29 is 14.3 Å². The van der Waals surface area contributed by atoms with Crippen molar-refractivity contribution in [3.8, 4) is 5.75 Å². The van der Waals surface area contributed by atoms with Gasteiger partial charge in [-0.05, 0) is 60.9 Å². The molecule has 30 heavy (non-hydrogen) atoms. The summed E-state index contributed by atoms with van der Waals surface area (Å²) in [5.74, 6) is -0.0410. The molecule has 0 aliphatic carbocycles. The van der Waals surface area contributed by atoms with Gasteiger partial charge >= 0.3 is 0 Å². The molecule has 1 N–H and O–H groups in total. The molecule has 0 saturated heterocycles. The standard InChI is InChI=1S/C25H22N2O3/c1-16-9-10-17(2)21(15-16)27-24(28)22(18-11-13-20(30-3)14-12-18)23(25(27)29)26-19-7-5-4-6-8-19/h4-15,26H,1-3H3. The number of nitrogens with zero attached hydrogens (tertiary/aromatic N) is 1. The van der Waals surface area contributed by atoms with Crippen molar-refractivity contribution >= 4 is 28.8 Å². The third-order valence-corrected chi connectivity index (χ3v) is 5.11. The maximum atomic E-state index is 13.5. The normalized spacial score (nSPS) is 13.8. The monoisotopic (exact) mass is 398 g/mol. The molecule has 3 aromatic rings. The molecule has 0 unspecified atom stereocenters. The molecule has 5 nitrogen and oxygen atoms in total. The predicted octanol–water partition coefficient (Wildman–Crippen LogP) is 4.71. The number of rotatable bonds is 5. The van der Waals surface area contributed by atoms with E-state index in [1.54, 1.807) is 31.4 Å². The summed E-state index contributed by atoms with van der Waals surface area (Å²) < 4.78 is 5.23. The van der Waals surface area contributed by atoms with Crippen molar-refractivity contribution in [2.75, 3.05) is 17.3 Å². The molecule has 1 aliphatic rings. The summed E-state index contributed by atoms with van der Waals surface area (Å²) in [6.45, 7) is 3.83. The van der Waals surface area contributed by atoms with Crippen LogP contribution < -0.4 is 15.0 Å². The fraction of sp³-hybridized carbons (Fsp3) is 0.120. The van der Waals surface area contributed by atoms with Gasteiger partial charge in [0.2, 0.25) is 0 Å². The second-order valence-electron chi connectivity index (χ2n) is 7.21. The Balaban J connectivity index is 1.84. The van der Waals surface area contributed by atoms with Gasteiger partial charge in [0.1, 0.15) is 11.4 Å². The largest absolute Gasteiger partial charge is 0.497 e. The number of para-hydroxylation sites is 1. The molecular weight excluding hydrogens is 376 g/mol. The number of hydrogen-bond donors (Lipinski definition) is 1. The number of amides is 2. The molecule has 0 fully saturated rings. The molecule has 0 bridgehead atoms. The van der Waals surface area contributed by atoms with E-state index in [0.29, 0.717) is 22.6 Å². The first kappa shape index (κ1) is 19.5. The highest BCUT2D eigenvalue weighted by Crippen LogP contribution is 2.35. The Labute approximate surface area is 175 Å². The van der Waals surface area contributed by atoms with E-state index in [1.807, 2.05) is 62.4 Å². The van der Waals surface area contributed by atoms with Crippen LogP contribution in [-0.2, 0) is 9.59 Å². The number of carbonyl (C=O) groups is 2. The van der Waals surface area contributed by atoms with E-state index in [1.165, 1.54) is 4.90 Å². The average Bonchev–Trinajstić information content (AvgIpc) is 3.00. The molecule has 3 aromatic carbocycles. The Morgan fingerprint density at radius 2 is 1.53 bits per heavy atom. The van der Waals surface area contributed by atoms with Crippen molar-refractivity contribution in [2.24, 2.45) is 0 Å². The molecule has 0 saturated carbocycles. The zero-order chi connectivity index (χ0) is 21.3. The van der Waals surface area contributed by atoms with Crippen LogP contribution in [0.25, 0.3) is 5.57 Å². The van der Waals surface area contributed by atoms with Gasteiger partial charge in [-0.3, -0.25) is 9.59 Å². The molecule has 4 rings (SSSR count). The average molecular weight is 398 g/mol. The number of benzene rings is 3. The minimum atomic E-state index is -0.372. The maximum Gasteiger partial charge on any atom is 0.282 e. The second-order valence-corrected chi connectivity index (χ2v) is 7.21. The third kappa shape index (κ3) is 3.46. The SMILES string of the molecule is COc1ccc(C2=C(Nc3ccccc3)C(=O)N(c3cc(C)ccc3C)C2=O)cc1. The van der Waals surface area contributed by atoms with Crippen LogP contribution in [0.3, 0.4) is 0 Å². The molecule has 1 heterocycles. The predicted molar refractivity (Wildman–Crippen MR) is 118 cm³/mol. The second kappa shape index (κ2) is 7.87. The minimum absolute atomic E-state index is 0.261. The van der Waals surface area contributed by atoms with Crippen molar-refractivity contribution in [3.63, 3.8) is 0 Å². The van der Waals surface area contributed by atoms with E-state index in [2.05, 4.69) is 5.32 Å². The zero-order valence-corrected chi connectivity index (χ0v) is 17.1. The Bertz CT molecular complexity index is 1150. The van der Waals surface area contributed by atoms with E-state index < -0.39 is 0 Å². The number of anilines is 2. The summed E-state index contributed by atoms with van der Waals surface area (Å²) in [5, 5.41) is 3.17. The molecule has 0 atom stereocenters. The van der Waals surface area contributed by atoms with Crippen LogP contribution in [0, 0.1) is 13.8 Å². The molecular formula is C25H22N2O3. The van der Waals surface area contributed by atoms with E-state index in [0.717, 1.165) is 16.8 Å². The van der Waals surface area contributed by atoms with Gasteiger partial charge in [-0.2, -0.15) is 0 Å². The number of nitrogens with one attached hydrogen (secondary N) is 1. The lowest BCUT2D eigenvalue weighted by Crippen LogP contribution is -2.33. The van der Waals surface area contributed by atoms with Gasteiger partial charge in [-0.25, -0.2) is 4.90 Å². The topological polar surface area (TPSA) is 58.6 Å². The highest BCUT2D eigenvalue weighted by molar-refractivity contribution is 6.46. The van der Waals surface area contributed by atoms with Crippen LogP contribution in [0.4, 0.5) is 11.4 Å². The van der Waals surface area contributed by atoms with Crippen molar-refractivity contribution in [1.29, 1.82) is 0 Å². The number of imide groups is 1. The summed E-state index contributed by atoms with van der Waals surface area (Å²) >= 11 is 0. The number of methoxy groups -OCH3 is 1. The highest BCUT2D eigenvalue weighted by atomic mass is 16.5. The summed E-state index contributed by atoms with van der Waals surface area (Å²) in [6.07, 6.45) is 0. The summed E-state index contributed by atoms with van der Waals surface area (Å²) in [6, 6.07) is 22.2. The number of ether oxygens (including phenoxy) is 1. The number of carbonyl (C=O) groups excluding carboxylic acids is 2. The third-order valence-electron chi connectivity index (χ3n) is 5.11. The van der Waals surface area contributed by atoms with Crippen molar-refractivity contribution in [3.05, 3.63) is 95.2 Å². The maximum absolute atomic E-state index is 13.5. The summed E-state index contributed by atoms with van der Waals surface area (Å²) in [4.78, 5) is 28.2. The van der Waals surface area contributed by atoms with Gasteiger partial charge < -0.3 is 10.1 Å². The van der Waals surface area contributed by atoms with Gasteiger partial charge in [0.05, 0.1) is 18.4 Å². The molecule has 0 spiro atoms. The quantitative estimate of drug-likeness (QED) is 0.633. The fourth-order valence-corrected chi connectivity index (χ4v) is 3.52. The Kier molecular flexibility index (Phi) is 5.11. The molecule has 1 aliphatic heterocycles. The van der Waals surface area contributed by atoms with E-state index >= 15 is 0 Å². The van der Waals surface area contributed by atoms with E-state index in [-0.39, 0.29) is 17.5 Å². The van der Waals surface area contributed by atoms with Crippen LogP contribution in [0.15, 0.2) is 78.5 Å². The number of aryl methyl sites for hydroxylation is 2. The van der Waals surface area contributed by atoms with Crippen molar-refractivity contribution in [1.82, 2.24) is 0 Å². The lowest BCUT2D eigenvalue weighted by molar-refractivity contribution is -0.120. The van der Waals surface area contributed by atoms with Gasteiger partial charge in [-0.1, -0.05) is 42.5 Å². The van der Waals surface area contributed by atoms with Gasteiger partial charge in [0, 0.05) is 5.69 Å². The minimum Gasteiger partial charge on any atom is -0.497 e. The van der Waals surface area contributed by atoms with Crippen molar-refractivity contribution in [2.45, 2.75) is 13.8 Å². The molecule has 2 amide bonds. The van der Waals surface area contributed by atoms with Crippen LogP contribution in [0.1, 0.15) is 16.7 Å². The lowest BCUT2D eigenvalue weighted by Gasteiger charge is -2.18. The molecule has 0 aromatic heterocycles. The summed E-state index contributed by atoms with van der Waals surface area (Å²) in [7, 11) is 1.59. The Morgan fingerprint density at radius 1 is 0.833 bits per heavy atom. The van der Waals surface area contributed by atoms with Crippen LogP contribution in [0.5, 0.6) is 5.75 Å². The van der Waals surface area contributed by atoms with Crippen LogP contribution in [0.2, 0.25) is 0 Å². The van der Waals surface area contributed by atoms with Gasteiger partial charge in [0.15, 0.2) is 0 Å². The molecule has 0 radical (unpaired) electrons. The fourth-order valence-electron chi connectivity index (χ4n) is 3.52. The zero-order valence-electron chi connectivity index (χ0n) is 17.1. The van der Waals surface area contributed by atoms with Crippen LogP contribution >= 0.6 is 0 Å². The van der Waals surface area contributed by atoms with Gasteiger partial charge in [0.25, 0.3) is 11.8 Å². The first-order valence-corrected chi connectivity index (χ1v) is 9.66. The smallest absolute Gasteiger partial charge is 0.282 e. The highest BCUT2D eigenvalue weighted by Gasteiger charge is 2.40. The van der Waals surface area contributed by atoms with Gasteiger partial charge in [-0.15, -0.1) is 0 Å². The number of hydrogen-bond acceptors (Lipinski definition) is 4. The van der Waals surface area contributed by atoms with E-state index in [4.69, 9.17) is 4.74 Å². The molecule has 5 heteroatoms. The Hall–Kier alpha value is -3.86. The van der Waals surface area contributed by atoms with E-state index in [9.17, 15) is 9.59 Å². The molecule has 150 valence electrons. The Morgan fingerprint density at radius 3 is 2.20 bits per heavy atom. The first-order valence-electron chi connectivity index (χ1n) is 9.66.